The Kier molecular flexibility index (Phi) is 7.65. The lowest BCUT2D eigenvalue weighted by Gasteiger charge is -2.11. The Labute approximate surface area is 161 Å². The zero-order valence-electron chi connectivity index (χ0n) is 14.9. The molecule has 142 valence electrons. The number of hydrogen-bond acceptors (Lipinski definition) is 6. The van der Waals surface area contributed by atoms with E-state index in [0.717, 1.165) is 9.79 Å². The van der Waals surface area contributed by atoms with Gasteiger partial charge < -0.3 is 20.5 Å². The van der Waals surface area contributed by atoms with E-state index in [1.807, 2.05) is 36.4 Å². The highest BCUT2D eigenvalue weighted by Crippen LogP contribution is 2.34. The van der Waals surface area contributed by atoms with Crippen LogP contribution in [0.25, 0.3) is 0 Å². The molecular formula is C18H20N4O4S. The van der Waals surface area contributed by atoms with Crippen molar-refractivity contribution in [1.29, 1.82) is 0 Å². The molecule has 4 N–H and O–H groups in total. The van der Waals surface area contributed by atoms with Crippen LogP contribution in [0.4, 0.5) is 16.2 Å². The number of aliphatic imine (C=N–C) groups is 1. The molecule has 0 saturated heterocycles. The van der Waals surface area contributed by atoms with E-state index >= 15 is 0 Å². The summed E-state index contributed by atoms with van der Waals surface area (Å²) >= 11 is 1.53. The van der Waals surface area contributed by atoms with Gasteiger partial charge in [0.2, 0.25) is 11.9 Å². The molecule has 0 aliphatic rings. The number of carbonyl (C=O) groups excluding carboxylic acids is 2. The number of nitrogens with one attached hydrogen (secondary N) is 2. The first-order valence-corrected chi connectivity index (χ1v) is 8.68. The van der Waals surface area contributed by atoms with Crippen LogP contribution in [0.15, 0.2) is 63.3 Å². The Morgan fingerprint density at radius 3 is 2.52 bits per heavy atom. The minimum Gasteiger partial charge on any atom is -0.453 e. The molecule has 0 unspecified atom stereocenters. The van der Waals surface area contributed by atoms with Gasteiger partial charge in [0.15, 0.2) is 0 Å². The van der Waals surface area contributed by atoms with Crippen molar-refractivity contribution in [3.63, 3.8) is 0 Å². The molecular weight excluding hydrogens is 368 g/mol. The smallest absolute Gasteiger partial charge is 0.413 e. The van der Waals surface area contributed by atoms with Gasteiger partial charge in [-0.2, -0.15) is 0 Å². The molecule has 9 heteroatoms. The second-order valence-corrected chi connectivity index (χ2v) is 6.34. The lowest BCUT2D eigenvalue weighted by atomic mass is 10.2. The standard InChI is InChI=1S/C18H20N4O4S/c1-25-11-16(23)20-15-10-13(27-12-6-4-3-5-7-12)8-9-14(15)21-17(19)22-18(24)26-2/h3-10H,11H2,1-2H3,(H,20,23)(H3,19,21,22,24). The highest BCUT2D eigenvalue weighted by atomic mass is 32.2. The van der Waals surface area contributed by atoms with E-state index in [1.54, 1.807) is 12.1 Å². The van der Waals surface area contributed by atoms with Crippen molar-refractivity contribution in [3.05, 3.63) is 48.5 Å². The van der Waals surface area contributed by atoms with E-state index in [1.165, 1.54) is 26.0 Å². The summed E-state index contributed by atoms with van der Waals surface area (Å²) in [6, 6.07) is 15.1. The average molecular weight is 388 g/mol. The SMILES string of the molecule is COCC(=O)Nc1cc(Sc2ccccc2)ccc1N=C(N)NC(=O)OC. The van der Waals surface area contributed by atoms with Crippen molar-refractivity contribution < 1.29 is 19.1 Å². The molecule has 0 spiro atoms. The summed E-state index contributed by atoms with van der Waals surface area (Å²) in [6.07, 6.45) is -0.738. The van der Waals surface area contributed by atoms with Gasteiger partial charge in [0.1, 0.15) is 6.61 Å². The molecule has 0 heterocycles. The molecule has 27 heavy (non-hydrogen) atoms. The minimum absolute atomic E-state index is 0.102. The zero-order chi connectivity index (χ0) is 19.6. The highest BCUT2D eigenvalue weighted by Gasteiger charge is 2.10. The van der Waals surface area contributed by atoms with Gasteiger partial charge in [-0.25, -0.2) is 9.79 Å². The highest BCUT2D eigenvalue weighted by molar-refractivity contribution is 7.99. The van der Waals surface area contributed by atoms with Crippen molar-refractivity contribution in [2.75, 3.05) is 26.1 Å². The van der Waals surface area contributed by atoms with Gasteiger partial charge >= 0.3 is 6.09 Å². The third-order valence-corrected chi connectivity index (χ3v) is 4.15. The summed E-state index contributed by atoms with van der Waals surface area (Å²) in [5, 5.41) is 4.99. The first-order chi connectivity index (χ1) is 13.0. The third-order valence-electron chi connectivity index (χ3n) is 3.15. The Morgan fingerprint density at radius 1 is 1.11 bits per heavy atom. The predicted molar refractivity (Wildman–Crippen MR) is 104 cm³/mol. The summed E-state index contributed by atoms with van der Waals surface area (Å²) in [5.74, 6) is -0.497. The summed E-state index contributed by atoms with van der Waals surface area (Å²) in [5.41, 5.74) is 6.52. The van der Waals surface area contributed by atoms with Gasteiger partial charge in [0, 0.05) is 16.9 Å². The maximum absolute atomic E-state index is 11.9. The molecule has 0 aromatic heterocycles. The minimum atomic E-state index is -0.738. The zero-order valence-corrected chi connectivity index (χ0v) is 15.7. The van der Waals surface area contributed by atoms with E-state index < -0.39 is 6.09 Å². The number of hydrogen-bond donors (Lipinski definition) is 3. The van der Waals surface area contributed by atoms with Crippen LogP contribution in [0.2, 0.25) is 0 Å². The maximum Gasteiger partial charge on any atom is 0.413 e. The number of anilines is 1. The number of ether oxygens (including phenoxy) is 2. The average Bonchev–Trinajstić information content (AvgIpc) is 2.64. The summed E-state index contributed by atoms with van der Waals surface area (Å²) in [7, 11) is 2.65. The number of alkyl carbamates (subject to hydrolysis) is 1. The molecule has 2 rings (SSSR count). The number of nitrogens with two attached hydrogens (primary N) is 1. The Hall–Kier alpha value is -3.04. The second kappa shape index (κ2) is 10.2. The van der Waals surface area contributed by atoms with Gasteiger partial charge in [-0.1, -0.05) is 30.0 Å². The number of nitrogens with zero attached hydrogens (tertiary/aromatic N) is 1. The molecule has 0 atom stereocenters. The summed E-state index contributed by atoms with van der Waals surface area (Å²) in [4.78, 5) is 29.2. The van der Waals surface area contributed by atoms with Crippen LogP contribution in [0, 0.1) is 0 Å². The molecule has 0 fully saturated rings. The normalized spacial score (nSPS) is 11.0. The summed E-state index contributed by atoms with van der Waals surface area (Å²) in [6.45, 7) is -0.102. The van der Waals surface area contributed by atoms with Gasteiger partial charge in [-0.3, -0.25) is 10.1 Å². The monoisotopic (exact) mass is 388 g/mol. The van der Waals surface area contributed by atoms with Gasteiger partial charge in [0.05, 0.1) is 18.5 Å². The van der Waals surface area contributed by atoms with Crippen molar-refractivity contribution in [2.45, 2.75) is 9.79 Å². The van der Waals surface area contributed by atoms with Crippen LogP contribution in [0.1, 0.15) is 0 Å². The van der Waals surface area contributed by atoms with Crippen LogP contribution < -0.4 is 16.4 Å². The first-order valence-electron chi connectivity index (χ1n) is 7.86. The van der Waals surface area contributed by atoms with E-state index in [0.29, 0.717) is 11.4 Å². The van der Waals surface area contributed by atoms with Gasteiger partial charge in [-0.15, -0.1) is 0 Å². The largest absolute Gasteiger partial charge is 0.453 e. The lowest BCUT2D eigenvalue weighted by molar-refractivity contribution is -0.119. The van der Waals surface area contributed by atoms with Crippen LogP contribution >= 0.6 is 11.8 Å². The lowest BCUT2D eigenvalue weighted by Crippen LogP contribution is -2.36. The molecule has 8 nitrogen and oxygen atoms in total. The number of guanidine groups is 1. The number of carbonyl (C=O) groups is 2. The second-order valence-electron chi connectivity index (χ2n) is 5.19. The molecule has 2 aromatic carbocycles. The van der Waals surface area contributed by atoms with Crippen LogP contribution in [-0.4, -0.2) is 38.8 Å². The van der Waals surface area contributed by atoms with E-state index in [2.05, 4.69) is 20.4 Å². The molecule has 0 saturated carbocycles. The molecule has 0 aliphatic carbocycles. The number of benzene rings is 2. The molecule has 0 radical (unpaired) electrons. The van der Waals surface area contributed by atoms with E-state index in [-0.39, 0.29) is 18.5 Å². The van der Waals surface area contributed by atoms with Crippen molar-refractivity contribution in [3.8, 4) is 0 Å². The van der Waals surface area contributed by atoms with Crippen molar-refractivity contribution in [2.24, 2.45) is 10.7 Å². The van der Waals surface area contributed by atoms with Crippen LogP contribution in [-0.2, 0) is 14.3 Å². The topological polar surface area (TPSA) is 115 Å². The van der Waals surface area contributed by atoms with E-state index in [4.69, 9.17) is 10.5 Å². The third kappa shape index (κ3) is 6.65. The van der Waals surface area contributed by atoms with Crippen LogP contribution in [0.5, 0.6) is 0 Å². The fraction of sp³-hybridized carbons (Fsp3) is 0.167. The Balaban J connectivity index is 2.29. The summed E-state index contributed by atoms with van der Waals surface area (Å²) < 4.78 is 9.31. The van der Waals surface area contributed by atoms with Gasteiger partial charge in [0.25, 0.3) is 0 Å². The maximum atomic E-state index is 11.9. The quantitative estimate of drug-likeness (QED) is 0.518. The fourth-order valence-corrected chi connectivity index (χ4v) is 2.91. The fourth-order valence-electron chi connectivity index (χ4n) is 2.03. The number of methoxy groups -OCH3 is 2. The molecule has 0 bridgehead atoms. The Morgan fingerprint density at radius 2 is 1.85 bits per heavy atom. The van der Waals surface area contributed by atoms with Gasteiger partial charge in [-0.05, 0) is 30.3 Å². The number of rotatable bonds is 6. The molecule has 2 aromatic rings. The number of amides is 2. The van der Waals surface area contributed by atoms with E-state index in [9.17, 15) is 9.59 Å². The van der Waals surface area contributed by atoms with Crippen molar-refractivity contribution in [1.82, 2.24) is 5.32 Å². The predicted octanol–water partition coefficient (Wildman–Crippen LogP) is 2.72. The van der Waals surface area contributed by atoms with Crippen molar-refractivity contribution >= 4 is 41.1 Å². The Bertz CT molecular complexity index is 827. The van der Waals surface area contributed by atoms with Crippen LogP contribution in [0.3, 0.4) is 0 Å². The molecule has 0 aliphatic heterocycles. The molecule has 2 amide bonds. The first kappa shape index (κ1) is 20.3.